The topological polar surface area (TPSA) is 37.3 Å². The average Bonchev–Trinajstić information content (AvgIpc) is 2.67. The lowest BCUT2D eigenvalue weighted by atomic mass is 10.00. The summed E-state index contributed by atoms with van der Waals surface area (Å²) in [6, 6.07) is 0. The molecule has 0 heterocycles. The first-order valence-corrected chi connectivity index (χ1v) is 12.6. The molecule has 0 aromatic heterocycles. The number of carboxylic acid groups (broad SMARTS) is 1. The van der Waals surface area contributed by atoms with Crippen molar-refractivity contribution in [3.05, 3.63) is 58.2 Å². The molecule has 2 nitrogen and oxygen atoms in total. The van der Waals surface area contributed by atoms with Crippen molar-refractivity contribution in [1.82, 2.24) is 0 Å². The monoisotopic (exact) mass is 442 g/mol. The molecule has 182 valence electrons. The number of aliphatic carboxylic acids is 1. The minimum absolute atomic E-state index is 0.253. The maximum Gasteiger partial charge on any atom is 0.303 e. The number of hydrogen-bond acceptors (Lipinski definition) is 1. The van der Waals surface area contributed by atoms with E-state index in [1.807, 2.05) is 6.92 Å². The van der Waals surface area contributed by atoms with Crippen LogP contribution in [0.1, 0.15) is 119 Å². The van der Waals surface area contributed by atoms with Crippen molar-refractivity contribution in [2.45, 2.75) is 119 Å². The van der Waals surface area contributed by atoms with Crippen molar-refractivity contribution in [1.29, 1.82) is 0 Å². The highest BCUT2D eigenvalue weighted by Crippen LogP contribution is 2.16. The van der Waals surface area contributed by atoms with E-state index in [2.05, 4.69) is 71.9 Å². The molecule has 0 saturated heterocycles. The van der Waals surface area contributed by atoms with Gasteiger partial charge in [0, 0.05) is 6.42 Å². The predicted molar refractivity (Wildman–Crippen MR) is 142 cm³/mol. The van der Waals surface area contributed by atoms with Crippen LogP contribution < -0.4 is 0 Å². The van der Waals surface area contributed by atoms with Gasteiger partial charge in [-0.05, 0) is 112 Å². The molecule has 0 aliphatic rings. The van der Waals surface area contributed by atoms with Crippen LogP contribution in [-0.4, -0.2) is 11.1 Å². The summed E-state index contributed by atoms with van der Waals surface area (Å²) in [5, 5.41) is 8.82. The van der Waals surface area contributed by atoms with Gasteiger partial charge in [-0.3, -0.25) is 4.79 Å². The zero-order valence-electron chi connectivity index (χ0n) is 22.1. The molecule has 0 aromatic rings. The second kappa shape index (κ2) is 18.7. The lowest BCUT2D eigenvalue weighted by Gasteiger charge is -2.06. The van der Waals surface area contributed by atoms with Crippen LogP contribution in [0.4, 0.5) is 0 Å². The lowest BCUT2D eigenvalue weighted by Crippen LogP contribution is -2.03. The van der Waals surface area contributed by atoms with E-state index in [9.17, 15) is 4.79 Å². The van der Waals surface area contributed by atoms with Crippen LogP contribution in [0.25, 0.3) is 0 Å². The normalized spacial score (nSPS) is 14.5. The van der Waals surface area contributed by atoms with Crippen molar-refractivity contribution in [3.8, 4) is 0 Å². The average molecular weight is 443 g/mol. The van der Waals surface area contributed by atoms with Crippen LogP contribution in [-0.2, 0) is 4.79 Å². The Morgan fingerprint density at radius 2 is 0.969 bits per heavy atom. The van der Waals surface area contributed by atoms with E-state index in [1.54, 1.807) is 0 Å². The molecule has 1 unspecified atom stereocenters. The van der Waals surface area contributed by atoms with Gasteiger partial charge >= 0.3 is 5.97 Å². The van der Waals surface area contributed by atoms with Crippen LogP contribution in [0.3, 0.4) is 0 Å². The van der Waals surface area contributed by atoms with Crippen LogP contribution >= 0.6 is 0 Å². The van der Waals surface area contributed by atoms with Gasteiger partial charge in [-0.2, -0.15) is 0 Å². The Hall–Kier alpha value is -1.83. The van der Waals surface area contributed by atoms with Crippen molar-refractivity contribution in [2.75, 3.05) is 0 Å². The molecule has 0 radical (unpaired) electrons. The number of carboxylic acids is 1. The zero-order valence-corrected chi connectivity index (χ0v) is 22.1. The molecule has 0 saturated carbocycles. The predicted octanol–water partition coefficient (Wildman–Crippen LogP) is 9.75. The molecule has 0 spiro atoms. The third-order valence-electron chi connectivity index (χ3n) is 5.86. The van der Waals surface area contributed by atoms with Crippen molar-refractivity contribution < 1.29 is 9.90 Å². The van der Waals surface area contributed by atoms with Gasteiger partial charge in [-0.15, -0.1) is 0 Å². The summed E-state index contributed by atoms with van der Waals surface area (Å²) < 4.78 is 0. The minimum atomic E-state index is -0.693. The quantitative estimate of drug-likeness (QED) is 0.228. The van der Waals surface area contributed by atoms with E-state index in [-0.39, 0.29) is 12.3 Å². The smallest absolute Gasteiger partial charge is 0.303 e. The van der Waals surface area contributed by atoms with E-state index in [1.165, 1.54) is 34.3 Å². The third kappa shape index (κ3) is 20.1. The Bertz CT molecular complexity index is 682. The van der Waals surface area contributed by atoms with Gasteiger partial charge in [0.25, 0.3) is 0 Å². The summed E-state index contributed by atoms with van der Waals surface area (Å²) >= 11 is 0. The van der Waals surface area contributed by atoms with Gasteiger partial charge in [-0.1, -0.05) is 65.2 Å². The minimum Gasteiger partial charge on any atom is -0.481 e. The molecule has 0 amide bonds. The number of carbonyl (C=O) groups is 1. The lowest BCUT2D eigenvalue weighted by molar-refractivity contribution is -0.138. The second-order valence-electron chi connectivity index (χ2n) is 9.92. The largest absolute Gasteiger partial charge is 0.481 e. The molecule has 0 aliphatic heterocycles. The molecule has 1 atom stereocenters. The SMILES string of the molecule is CC(C)=CCC/C(C)=C/CC/C(C)=C/CC/C(C)=C/CC/C(C)=C/CCC(C)CC(=O)O. The van der Waals surface area contributed by atoms with Crippen LogP contribution in [0.5, 0.6) is 0 Å². The Morgan fingerprint density at radius 3 is 1.31 bits per heavy atom. The second-order valence-corrected chi connectivity index (χ2v) is 9.92. The fourth-order valence-corrected chi connectivity index (χ4v) is 3.65. The molecule has 0 bridgehead atoms. The summed E-state index contributed by atoms with van der Waals surface area (Å²) in [6.07, 6.45) is 23.1. The van der Waals surface area contributed by atoms with E-state index in [4.69, 9.17) is 5.11 Å². The summed E-state index contributed by atoms with van der Waals surface area (Å²) in [7, 11) is 0. The summed E-state index contributed by atoms with van der Waals surface area (Å²) in [4.78, 5) is 10.7. The molecule has 0 aromatic carbocycles. The molecule has 2 heteroatoms. The van der Waals surface area contributed by atoms with Crippen molar-refractivity contribution in [2.24, 2.45) is 5.92 Å². The highest BCUT2D eigenvalue weighted by Gasteiger charge is 2.06. The standard InChI is InChI=1S/C30H50O2/c1-24(2)13-8-14-25(3)15-9-16-26(4)17-10-18-27(5)19-11-20-28(6)21-12-22-29(7)23-30(31)32/h13,15,17,19,21,29H,8-12,14,16,18,20,22-23H2,1-7H3,(H,31,32)/b25-15+,26-17+,27-19+,28-21+. The third-order valence-corrected chi connectivity index (χ3v) is 5.86. The molecular formula is C30H50O2. The first-order valence-electron chi connectivity index (χ1n) is 12.6. The maximum atomic E-state index is 10.7. The Kier molecular flexibility index (Phi) is 17.6. The molecular weight excluding hydrogens is 392 g/mol. The molecule has 32 heavy (non-hydrogen) atoms. The molecule has 1 N–H and O–H groups in total. The van der Waals surface area contributed by atoms with Crippen LogP contribution in [0.15, 0.2) is 58.2 Å². The number of rotatable bonds is 17. The highest BCUT2D eigenvalue weighted by molar-refractivity contribution is 5.66. The van der Waals surface area contributed by atoms with Gasteiger partial charge in [-0.25, -0.2) is 0 Å². The van der Waals surface area contributed by atoms with Crippen molar-refractivity contribution in [3.63, 3.8) is 0 Å². The van der Waals surface area contributed by atoms with Gasteiger partial charge in [0.1, 0.15) is 0 Å². The summed E-state index contributed by atoms with van der Waals surface area (Å²) in [6.45, 7) is 15.3. The van der Waals surface area contributed by atoms with E-state index >= 15 is 0 Å². The Morgan fingerprint density at radius 1 is 0.625 bits per heavy atom. The first kappa shape index (κ1) is 30.2. The number of allylic oxidation sites excluding steroid dienone is 10. The van der Waals surface area contributed by atoms with Gasteiger partial charge < -0.3 is 5.11 Å². The Labute approximate surface area is 199 Å². The van der Waals surface area contributed by atoms with Crippen LogP contribution in [0, 0.1) is 5.92 Å². The summed E-state index contributed by atoms with van der Waals surface area (Å²) in [5.41, 5.74) is 7.31. The van der Waals surface area contributed by atoms with Gasteiger partial charge in [0.05, 0.1) is 0 Å². The van der Waals surface area contributed by atoms with E-state index < -0.39 is 5.97 Å². The molecule has 0 rings (SSSR count). The van der Waals surface area contributed by atoms with Gasteiger partial charge in [0.2, 0.25) is 0 Å². The fourth-order valence-electron chi connectivity index (χ4n) is 3.65. The molecule has 0 aliphatic carbocycles. The summed E-state index contributed by atoms with van der Waals surface area (Å²) in [5.74, 6) is -0.440. The Balaban J connectivity index is 4.08. The highest BCUT2D eigenvalue weighted by atomic mass is 16.4. The molecule has 0 fully saturated rings. The first-order chi connectivity index (χ1) is 15.1. The van der Waals surface area contributed by atoms with E-state index in [0.29, 0.717) is 0 Å². The number of hydrogen-bond donors (Lipinski definition) is 1. The van der Waals surface area contributed by atoms with Gasteiger partial charge in [0.15, 0.2) is 0 Å². The zero-order chi connectivity index (χ0) is 24.4. The van der Waals surface area contributed by atoms with Crippen LogP contribution in [0.2, 0.25) is 0 Å². The van der Waals surface area contributed by atoms with Crippen molar-refractivity contribution >= 4 is 5.97 Å². The van der Waals surface area contributed by atoms with E-state index in [0.717, 1.165) is 57.8 Å². The maximum absolute atomic E-state index is 10.7. The fraction of sp³-hybridized carbons (Fsp3) is 0.633.